The van der Waals surface area contributed by atoms with Gasteiger partial charge in [0.25, 0.3) is 0 Å². The summed E-state index contributed by atoms with van der Waals surface area (Å²) in [5, 5.41) is 4.53. The molecule has 1 aromatic heterocycles. The molecule has 0 N–H and O–H groups in total. The number of benzene rings is 1. The molecule has 0 unspecified atom stereocenters. The third-order valence-electron chi connectivity index (χ3n) is 3.20. The van der Waals surface area contributed by atoms with E-state index < -0.39 is 0 Å². The molecular weight excluding hydrogens is 252 g/mol. The number of carbonyl (C=O) groups is 1. The predicted molar refractivity (Wildman–Crippen MR) is 79.1 cm³/mol. The Bertz CT molecular complexity index is 588. The number of rotatable bonds is 6. The molecule has 0 aliphatic rings. The molecule has 0 saturated heterocycles. The first-order valence-corrected chi connectivity index (χ1v) is 6.81. The minimum atomic E-state index is 0.610. The Kier molecular flexibility index (Phi) is 4.56. The Morgan fingerprint density at radius 2 is 2.20 bits per heavy atom. The number of hydrogen-bond acceptors (Lipinski definition) is 3. The summed E-state index contributed by atoms with van der Waals surface area (Å²) in [7, 11) is 1.63. The van der Waals surface area contributed by atoms with E-state index in [0.29, 0.717) is 17.2 Å². The lowest BCUT2D eigenvalue weighted by Gasteiger charge is -2.04. The smallest absolute Gasteiger partial charge is 0.153 e. The van der Waals surface area contributed by atoms with Crippen LogP contribution in [0, 0.1) is 5.92 Å². The lowest BCUT2D eigenvalue weighted by atomic mass is 10.1. The Hall–Kier alpha value is -2.10. The predicted octanol–water partition coefficient (Wildman–Crippen LogP) is 3.42. The van der Waals surface area contributed by atoms with Crippen molar-refractivity contribution in [2.75, 3.05) is 7.11 Å². The van der Waals surface area contributed by atoms with E-state index in [2.05, 4.69) is 18.9 Å². The molecule has 0 bridgehead atoms. The van der Waals surface area contributed by atoms with Gasteiger partial charge in [-0.05, 0) is 24.5 Å². The van der Waals surface area contributed by atoms with Crippen molar-refractivity contribution in [3.05, 3.63) is 36.0 Å². The quantitative estimate of drug-likeness (QED) is 0.757. The van der Waals surface area contributed by atoms with Crippen LogP contribution in [0.25, 0.3) is 11.3 Å². The molecule has 2 rings (SSSR count). The van der Waals surface area contributed by atoms with Crippen molar-refractivity contribution in [2.24, 2.45) is 5.92 Å². The second kappa shape index (κ2) is 6.37. The molecule has 0 fully saturated rings. The molecule has 1 aromatic carbocycles. The molecule has 0 aliphatic heterocycles. The molecule has 1 heterocycles. The molecule has 0 spiro atoms. The zero-order chi connectivity index (χ0) is 14.5. The summed E-state index contributed by atoms with van der Waals surface area (Å²) < 4.78 is 7.06. The molecule has 0 saturated carbocycles. The van der Waals surface area contributed by atoms with Crippen molar-refractivity contribution in [2.45, 2.75) is 26.8 Å². The third-order valence-corrected chi connectivity index (χ3v) is 3.20. The molecule has 0 amide bonds. The fraction of sp³-hybridized carbons (Fsp3) is 0.375. The Morgan fingerprint density at radius 3 is 2.85 bits per heavy atom. The van der Waals surface area contributed by atoms with E-state index in [9.17, 15) is 4.79 Å². The second-order valence-corrected chi connectivity index (χ2v) is 5.23. The van der Waals surface area contributed by atoms with Crippen molar-refractivity contribution in [3.8, 4) is 17.0 Å². The highest BCUT2D eigenvalue weighted by atomic mass is 16.5. The number of aryl methyl sites for hydroxylation is 1. The van der Waals surface area contributed by atoms with Crippen LogP contribution in [-0.4, -0.2) is 23.2 Å². The van der Waals surface area contributed by atoms with Crippen molar-refractivity contribution in [1.29, 1.82) is 0 Å². The molecule has 2 aromatic rings. The van der Waals surface area contributed by atoms with Crippen LogP contribution in [0.1, 0.15) is 30.6 Å². The highest BCUT2D eigenvalue weighted by molar-refractivity contribution is 5.85. The van der Waals surface area contributed by atoms with E-state index in [1.165, 1.54) is 0 Å². The average molecular weight is 272 g/mol. The average Bonchev–Trinajstić information content (AvgIpc) is 2.88. The van der Waals surface area contributed by atoms with E-state index in [-0.39, 0.29) is 0 Å². The van der Waals surface area contributed by atoms with Gasteiger partial charge in [-0.15, -0.1) is 0 Å². The van der Waals surface area contributed by atoms with Crippen molar-refractivity contribution in [3.63, 3.8) is 0 Å². The zero-order valence-electron chi connectivity index (χ0n) is 12.2. The summed E-state index contributed by atoms with van der Waals surface area (Å²) in [6.07, 6.45) is 3.70. The lowest BCUT2D eigenvalue weighted by molar-refractivity contribution is 0.112. The van der Waals surface area contributed by atoms with Crippen LogP contribution in [0.15, 0.2) is 30.5 Å². The first-order valence-electron chi connectivity index (χ1n) is 6.81. The summed E-state index contributed by atoms with van der Waals surface area (Å²) >= 11 is 0. The topological polar surface area (TPSA) is 44.1 Å². The Morgan fingerprint density at radius 1 is 1.40 bits per heavy atom. The minimum absolute atomic E-state index is 0.610. The maximum atomic E-state index is 11.2. The number of hydrogen-bond donors (Lipinski definition) is 0. The number of ether oxygens (including phenoxy) is 1. The SMILES string of the molecule is COc1cccc(-c2nn(CCC(C)C)cc2C=O)c1. The largest absolute Gasteiger partial charge is 0.497 e. The first-order chi connectivity index (χ1) is 9.63. The summed E-state index contributed by atoms with van der Waals surface area (Å²) in [4.78, 5) is 11.2. The van der Waals surface area contributed by atoms with E-state index in [1.54, 1.807) is 7.11 Å². The highest BCUT2D eigenvalue weighted by Crippen LogP contribution is 2.25. The van der Waals surface area contributed by atoms with E-state index >= 15 is 0 Å². The van der Waals surface area contributed by atoms with Gasteiger partial charge in [0.2, 0.25) is 0 Å². The van der Waals surface area contributed by atoms with Crippen molar-refractivity contribution < 1.29 is 9.53 Å². The lowest BCUT2D eigenvalue weighted by Crippen LogP contribution is -2.02. The van der Waals surface area contributed by atoms with Gasteiger partial charge in [0.1, 0.15) is 11.4 Å². The molecule has 0 radical (unpaired) electrons. The summed E-state index contributed by atoms with van der Waals surface area (Å²) in [5.41, 5.74) is 2.22. The van der Waals surface area contributed by atoms with Gasteiger partial charge in [0.05, 0.1) is 12.7 Å². The van der Waals surface area contributed by atoms with E-state index in [1.807, 2.05) is 35.1 Å². The van der Waals surface area contributed by atoms with Crippen LogP contribution in [0.5, 0.6) is 5.75 Å². The molecule has 106 valence electrons. The fourth-order valence-corrected chi connectivity index (χ4v) is 2.02. The summed E-state index contributed by atoms with van der Waals surface area (Å²) in [6.45, 7) is 5.17. The van der Waals surface area contributed by atoms with Gasteiger partial charge in [-0.2, -0.15) is 5.10 Å². The maximum absolute atomic E-state index is 11.2. The first kappa shape index (κ1) is 14.3. The van der Waals surface area contributed by atoms with Crippen LogP contribution in [0.4, 0.5) is 0 Å². The number of aromatic nitrogens is 2. The standard InChI is InChI=1S/C16H20N2O2/c1-12(2)7-8-18-10-14(11-19)16(17-18)13-5-4-6-15(9-13)20-3/h4-6,9-12H,7-8H2,1-3H3. The van der Waals surface area contributed by atoms with Crippen molar-refractivity contribution in [1.82, 2.24) is 9.78 Å². The molecule has 4 nitrogen and oxygen atoms in total. The maximum Gasteiger partial charge on any atom is 0.153 e. The van der Waals surface area contributed by atoms with Gasteiger partial charge >= 0.3 is 0 Å². The van der Waals surface area contributed by atoms with Crippen LogP contribution in [0.3, 0.4) is 0 Å². The second-order valence-electron chi connectivity index (χ2n) is 5.23. The van der Waals surface area contributed by atoms with Gasteiger partial charge in [-0.1, -0.05) is 26.0 Å². The summed E-state index contributed by atoms with van der Waals surface area (Å²) in [6, 6.07) is 7.60. The summed E-state index contributed by atoms with van der Waals surface area (Å²) in [5.74, 6) is 1.37. The van der Waals surface area contributed by atoms with Crippen LogP contribution < -0.4 is 4.74 Å². The molecule has 20 heavy (non-hydrogen) atoms. The van der Waals surface area contributed by atoms with Gasteiger partial charge < -0.3 is 4.74 Å². The van der Waals surface area contributed by atoms with Gasteiger partial charge in [0.15, 0.2) is 6.29 Å². The number of aldehydes is 1. The fourth-order valence-electron chi connectivity index (χ4n) is 2.02. The minimum Gasteiger partial charge on any atom is -0.497 e. The van der Waals surface area contributed by atoms with E-state index in [4.69, 9.17) is 4.74 Å². The Balaban J connectivity index is 2.32. The highest BCUT2D eigenvalue weighted by Gasteiger charge is 2.11. The van der Waals surface area contributed by atoms with Crippen LogP contribution >= 0.6 is 0 Å². The Labute approximate surface area is 119 Å². The van der Waals surface area contributed by atoms with Gasteiger partial charge in [-0.3, -0.25) is 9.48 Å². The molecule has 4 heteroatoms. The van der Waals surface area contributed by atoms with Gasteiger partial charge in [-0.25, -0.2) is 0 Å². The zero-order valence-corrected chi connectivity index (χ0v) is 12.2. The van der Waals surface area contributed by atoms with E-state index in [0.717, 1.165) is 30.6 Å². The van der Waals surface area contributed by atoms with Gasteiger partial charge in [0, 0.05) is 18.3 Å². The number of carbonyl (C=O) groups excluding carboxylic acids is 1. The van der Waals surface area contributed by atoms with Crippen LogP contribution in [0.2, 0.25) is 0 Å². The molecular formula is C16H20N2O2. The molecule has 0 atom stereocenters. The van der Waals surface area contributed by atoms with Crippen LogP contribution in [-0.2, 0) is 6.54 Å². The molecule has 0 aliphatic carbocycles. The normalized spacial score (nSPS) is 10.8. The number of methoxy groups -OCH3 is 1. The van der Waals surface area contributed by atoms with Crippen molar-refractivity contribution >= 4 is 6.29 Å². The third kappa shape index (κ3) is 3.26. The number of nitrogens with zero attached hydrogens (tertiary/aromatic N) is 2. The monoisotopic (exact) mass is 272 g/mol.